The minimum absolute atomic E-state index is 0.0157. The van der Waals surface area contributed by atoms with Crippen LogP contribution in [0.1, 0.15) is 20.3 Å². The van der Waals surface area contributed by atoms with Gasteiger partial charge in [-0.3, -0.25) is 9.59 Å². The number of carboxylic acid groups (broad SMARTS) is 1. The molecule has 0 radical (unpaired) electrons. The fourth-order valence-corrected chi connectivity index (χ4v) is 2.12. The zero-order chi connectivity index (χ0) is 15.3. The van der Waals surface area contributed by atoms with Gasteiger partial charge in [-0.2, -0.15) is 0 Å². The van der Waals surface area contributed by atoms with E-state index < -0.39 is 17.9 Å². The lowest BCUT2D eigenvalue weighted by Crippen LogP contribution is -2.58. The average Bonchev–Trinajstić information content (AvgIpc) is 2.35. The van der Waals surface area contributed by atoms with E-state index in [9.17, 15) is 14.4 Å². The second kappa shape index (κ2) is 7.12. The number of amides is 2. The van der Waals surface area contributed by atoms with Crippen molar-refractivity contribution in [1.29, 1.82) is 0 Å². The highest BCUT2D eigenvalue weighted by atomic mass is 16.5. The molecule has 1 fully saturated rings. The van der Waals surface area contributed by atoms with E-state index in [0.29, 0.717) is 19.6 Å². The van der Waals surface area contributed by atoms with Gasteiger partial charge in [0.05, 0.1) is 13.0 Å². The molecule has 1 N–H and O–H groups in total. The standard InChI is InChI=1S/C13H22N2O5/c1-4-5-14(8-11(16)20-3)13(19)15-6-10(7-15)9(2)12(17)18/h9-10H,4-8H2,1-3H3,(H,17,18). The SMILES string of the molecule is CCCN(CC(=O)OC)C(=O)N1CC(C(C)C(=O)O)C1. The number of carbonyl (C=O) groups excluding carboxylic acids is 2. The molecule has 1 rings (SSSR count). The Morgan fingerprint density at radius 2 is 2.00 bits per heavy atom. The highest BCUT2D eigenvalue weighted by Crippen LogP contribution is 2.25. The fourth-order valence-electron chi connectivity index (χ4n) is 2.12. The summed E-state index contributed by atoms with van der Waals surface area (Å²) in [5.41, 5.74) is 0. The van der Waals surface area contributed by atoms with Crippen molar-refractivity contribution in [2.75, 3.05) is 33.3 Å². The van der Waals surface area contributed by atoms with Gasteiger partial charge in [0.15, 0.2) is 0 Å². The minimum Gasteiger partial charge on any atom is -0.481 e. The molecule has 7 nitrogen and oxygen atoms in total. The zero-order valence-electron chi connectivity index (χ0n) is 12.2. The van der Waals surface area contributed by atoms with Gasteiger partial charge >= 0.3 is 18.0 Å². The Morgan fingerprint density at radius 3 is 2.45 bits per heavy atom. The third kappa shape index (κ3) is 3.85. The van der Waals surface area contributed by atoms with Crippen molar-refractivity contribution in [3.63, 3.8) is 0 Å². The van der Waals surface area contributed by atoms with Gasteiger partial charge in [-0.25, -0.2) is 4.79 Å². The normalized spacial score (nSPS) is 16.2. The summed E-state index contributed by atoms with van der Waals surface area (Å²) in [5.74, 6) is -1.78. The van der Waals surface area contributed by atoms with E-state index in [-0.39, 0.29) is 18.5 Å². The van der Waals surface area contributed by atoms with Crippen LogP contribution in [0.5, 0.6) is 0 Å². The quantitative estimate of drug-likeness (QED) is 0.724. The number of esters is 1. The molecule has 0 aromatic carbocycles. The van der Waals surface area contributed by atoms with Crippen molar-refractivity contribution in [3.8, 4) is 0 Å². The van der Waals surface area contributed by atoms with Crippen LogP contribution in [0.25, 0.3) is 0 Å². The molecule has 1 aliphatic rings. The van der Waals surface area contributed by atoms with Gasteiger partial charge in [-0.15, -0.1) is 0 Å². The zero-order valence-corrected chi connectivity index (χ0v) is 12.2. The molecule has 114 valence electrons. The molecular formula is C13H22N2O5. The predicted octanol–water partition coefficient (Wildman–Crippen LogP) is 0.644. The van der Waals surface area contributed by atoms with Crippen molar-refractivity contribution in [2.24, 2.45) is 11.8 Å². The lowest BCUT2D eigenvalue weighted by molar-refractivity contribution is -0.144. The third-order valence-corrected chi connectivity index (χ3v) is 3.59. The predicted molar refractivity (Wildman–Crippen MR) is 71.1 cm³/mol. The number of carboxylic acids is 1. The number of nitrogens with zero attached hydrogens (tertiary/aromatic N) is 2. The molecule has 1 heterocycles. The molecule has 1 aliphatic heterocycles. The first-order valence-electron chi connectivity index (χ1n) is 6.74. The molecule has 2 amide bonds. The lowest BCUT2D eigenvalue weighted by Gasteiger charge is -2.43. The molecule has 1 atom stereocenters. The summed E-state index contributed by atoms with van der Waals surface area (Å²) < 4.78 is 4.57. The highest BCUT2D eigenvalue weighted by molar-refractivity contribution is 5.81. The Hall–Kier alpha value is -1.79. The first-order chi connectivity index (χ1) is 9.40. The number of hydrogen-bond donors (Lipinski definition) is 1. The molecular weight excluding hydrogens is 264 g/mol. The number of urea groups is 1. The van der Waals surface area contributed by atoms with Crippen molar-refractivity contribution in [2.45, 2.75) is 20.3 Å². The van der Waals surface area contributed by atoms with Crippen LogP contribution < -0.4 is 0 Å². The smallest absolute Gasteiger partial charge is 0.325 e. The summed E-state index contributed by atoms with van der Waals surface area (Å²) in [6.07, 6.45) is 0.742. The van der Waals surface area contributed by atoms with Crippen molar-refractivity contribution >= 4 is 18.0 Å². The first-order valence-corrected chi connectivity index (χ1v) is 6.74. The monoisotopic (exact) mass is 286 g/mol. The Labute approximate surface area is 118 Å². The fraction of sp³-hybridized carbons (Fsp3) is 0.769. The van der Waals surface area contributed by atoms with E-state index in [1.54, 1.807) is 11.8 Å². The van der Waals surface area contributed by atoms with E-state index in [2.05, 4.69) is 4.74 Å². The van der Waals surface area contributed by atoms with Crippen LogP contribution in [0.3, 0.4) is 0 Å². The van der Waals surface area contributed by atoms with E-state index in [1.165, 1.54) is 12.0 Å². The van der Waals surface area contributed by atoms with Crippen LogP contribution in [0, 0.1) is 11.8 Å². The maximum atomic E-state index is 12.2. The molecule has 0 aliphatic carbocycles. The molecule has 1 saturated heterocycles. The maximum absolute atomic E-state index is 12.2. The number of methoxy groups -OCH3 is 1. The number of aliphatic carboxylic acids is 1. The van der Waals surface area contributed by atoms with Gasteiger partial charge in [-0.05, 0) is 6.42 Å². The van der Waals surface area contributed by atoms with Gasteiger partial charge in [0.1, 0.15) is 6.54 Å². The van der Waals surface area contributed by atoms with Crippen molar-refractivity contribution in [3.05, 3.63) is 0 Å². The Bertz CT molecular complexity index is 379. The van der Waals surface area contributed by atoms with Crippen molar-refractivity contribution in [1.82, 2.24) is 9.80 Å². The summed E-state index contributed by atoms with van der Waals surface area (Å²) in [6.45, 7) is 4.82. The van der Waals surface area contributed by atoms with Crippen LogP contribution in [0.15, 0.2) is 0 Å². The largest absolute Gasteiger partial charge is 0.481 e. The summed E-state index contributed by atoms with van der Waals surface area (Å²) in [4.78, 5) is 37.3. The Balaban J connectivity index is 2.52. The summed E-state index contributed by atoms with van der Waals surface area (Å²) in [7, 11) is 1.28. The van der Waals surface area contributed by atoms with Gasteiger partial charge in [0.2, 0.25) is 0 Å². The maximum Gasteiger partial charge on any atom is 0.325 e. The third-order valence-electron chi connectivity index (χ3n) is 3.59. The Kier molecular flexibility index (Phi) is 5.79. The highest BCUT2D eigenvalue weighted by Gasteiger charge is 2.38. The second-order valence-electron chi connectivity index (χ2n) is 5.07. The van der Waals surface area contributed by atoms with E-state index in [1.807, 2.05) is 6.92 Å². The molecule has 0 spiro atoms. The van der Waals surface area contributed by atoms with Crippen LogP contribution in [0.4, 0.5) is 4.79 Å². The molecule has 7 heteroatoms. The lowest BCUT2D eigenvalue weighted by atomic mass is 9.87. The average molecular weight is 286 g/mol. The summed E-state index contributed by atoms with van der Waals surface area (Å²) in [5, 5.41) is 8.91. The summed E-state index contributed by atoms with van der Waals surface area (Å²) >= 11 is 0. The number of carbonyl (C=O) groups is 3. The van der Waals surface area contributed by atoms with E-state index >= 15 is 0 Å². The van der Waals surface area contributed by atoms with Crippen LogP contribution in [0.2, 0.25) is 0 Å². The molecule has 1 unspecified atom stereocenters. The Morgan fingerprint density at radius 1 is 1.40 bits per heavy atom. The van der Waals surface area contributed by atoms with E-state index in [4.69, 9.17) is 5.11 Å². The molecule has 20 heavy (non-hydrogen) atoms. The van der Waals surface area contributed by atoms with Crippen molar-refractivity contribution < 1.29 is 24.2 Å². The number of rotatable bonds is 6. The minimum atomic E-state index is -0.845. The number of hydrogen-bond acceptors (Lipinski definition) is 4. The van der Waals surface area contributed by atoms with E-state index in [0.717, 1.165) is 6.42 Å². The second-order valence-corrected chi connectivity index (χ2v) is 5.07. The number of ether oxygens (including phenoxy) is 1. The molecule has 0 saturated carbocycles. The summed E-state index contributed by atoms with van der Waals surface area (Å²) in [6, 6.07) is -0.230. The van der Waals surface area contributed by atoms with Gasteiger partial charge < -0.3 is 19.6 Å². The van der Waals surface area contributed by atoms with Crippen LogP contribution in [-0.2, 0) is 14.3 Å². The molecule has 0 aromatic rings. The van der Waals surface area contributed by atoms with Crippen LogP contribution in [-0.4, -0.2) is 66.2 Å². The molecule has 0 bridgehead atoms. The first kappa shape index (κ1) is 16.3. The number of likely N-dealkylation sites (tertiary alicyclic amines) is 1. The topological polar surface area (TPSA) is 87.2 Å². The van der Waals surface area contributed by atoms with Gasteiger partial charge in [0.25, 0.3) is 0 Å². The van der Waals surface area contributed by atoms with Crippen LogP contribution >= 0.6 is 0 Å². The molecule has 0 aromatic heterocycles. The van der Waals surface area contributed by atoms with Gasteiger partial charge in [-0.1, -0.05) is 13.8 Å². The van der Waals surface area contributed by atoms with Gasteiger partial charge in [0, 0.05) is 25.6 Å².